The highest BCUT2D eigenvalue weighted by molar-refractivity contribution is 5.78. The van der Waals surface area contributed by atoms with Crippen LogP contribution in [0.25, 0.3) is 11.4 Å². The van der Waals surface area contributed by atoms with Crippen LogP contribution in [0, 0.1) is 0 Å². The molecule has 8 nitrogen and oxygen atoms in total. The number of likely N-dealkylation sites (N-methyl/N-ethyl adjacent to an activating group) is 1. The number of carbonyl (C=O) groups is 1. The molecule has 0 aliphatic heterocycles. The van der Waals surface area contributed by atoms with E-state index in [1.54, 1.807) is 45.4 Å². The molecule has 0 N–H and O–H groups in total. The standard InChI is InChI=1S/C21H23N3O5/c1-24(20(25)12-14-5-10-17(27-3)18(11-14)28-4)13-19-22-21(23-29-19)15-6-8-16(26-2)9-7-15/h5-11H,12-13H2,1-4H3. The maximum Gasteiger partial charge on any atom is 0.246 e. The van der Waals surface area contributed by atoms with Gasteiger partial charge in [-0.15, -0.1) is 0 Å². The molecule has 3 aromatic rings. The van der Waals surface area contributed by atoms with Gasteiger partial charge >= 0.3 is 0 Å². The van der Waals surface area contributed by atoms with Crippen molar-refractivity contribution in [3.05, 3.63) is 53.9 Å². The van der Waals surface area contributed by atoms with Gasteiger partial charge in [0, 0.05) is 12.6 Å². The summed E-state index contributed by atoms with van der Waals surface area (Å²) in [6, 6.07) is 12.7. The van der Waals surface area contributed by atoms with E-state index in [-0.39, 0.29) is 18.9 Å². The van der Waals surface area contributed by atoms with Crippen molar-refractivity contribution < 1.29 is 23.5 Å². The van der Waals surface area contributed by atoms with Crippen LogP contribution in [0.3, 0.4) is 0 Å². The summed E-state index contributed by atoms with van der Waals surface area (Å²) in [5.41, 5.74) is 1.63. The van der Waals surface area contributed by atoms with E-state index in [0.717, 1.165) is 16.9 Å². The number of methoxy groups -OCH3 is 3. The molecule has 1 amide bonds. The maximum absolute atomic E-state index is 12.6. The Labute approximate surface area is 169 Å². The number of nitrogens with zero attached hydrogens (tertiary/aromatic N) is 3. The van der Waals surface area contributed by atoms with Gasteiger partial charge in [-0.1, -0.05) is 11.2 Å². The Kier molecular flexibility index (Phi) is 6.33. The fourth-order valence-corrected chi connectivity index (χ4v) is 2.77. The largest absolute Gasteiger partial charge is 0.497 e. The molecule has 8 heteroatoms. The number of benzene rings is 2. The van der Waals surface area contributed by atoms with Crippen molar-refractivity contribution >= 4 is 5.91 Å². The molecule has 152 valence electrons. The minimum Gasteiger partial charge on any atom is -0.497 e. The SMILES string of the molecule is COc1ccc(-c2noc(CN(C)C(=O)Cc3ccc(OC)c(OC)c3)n2)cc1. The van der Waals surface area contributed by atoms with Gasteiger partial charge in [-0.2, -0.15) is 4.98 Å². The van der Waals surface area contributed by atoms with Crippen molar-refractivity contribution in [2.45, 2.75) is 13.0 Å². The highest BCUT2D eigenvalue weighted by Gasteiger charge is 2.16. The maximum atomic E-state index is 12.6. The van der Waals surface area contributed by atoms with E-state index >= 15 is 0 Å². The first kappa shape index (κ1) is 20.2. The van der Waals surface area contributed by atoms with Gasteiger partial charge in [0.25, 0.3) is 0 Å². The number of amides is 1. The summed E-state index contributed by atoms with van der Waals surface area (Å²) in [6.45, 7) is 0.218. The first-order chi connectivity index (χ1) is 14.0. The van der Waals surface area contributed by atoms with E-state index in [9.17, 15) is 4.79 Å². The highest BCUT2D eigenvalue weighted by Crippen LogP contribution is 2.28. The quantitative estimate of drug-likeness (QED) is 0.577. The number of ether oxygens (including phenoxy) is 3. The summed E-state index contributed by atoms with van der Waals surface area (Å²) >= 11 is 0. The molecular weight excluding hydrogens is 374 g/mol. The Hall–Kier alpha value is -3.55. The van der Waals surface area contributed by atoms with Crippen molar-refractivity contribution in [2.24, 2.45) is 0 Å². The third-order valence-electron chi connectivity index (χ3n) is 4.42. The van der Waals surface area contributed by atoms with Gasteiger partial charge in [-0.3, -0.25) is 4.79 Å². The average molecular weight is 397 g/mol. The van der Waals surface area contributed by atoms with Gasteiger partial charge in [0.2, 0.25) is 17.6 Å². The van der Waals surface area contributed by atoms with Crippen molar-refractivity contribution in [3.63, 3.8) is 0 Å². The molecule has 0 unspecified atom stereocenters. The topological polar surface area (TPSA) is 86.9 Å². The molecule has 0 spiro atoms. The molecule has 0 fully saturated rings. The van der Waals surface area contributed by atoms with Gasteiger partial charge in [0.05, 0.1) is 34.3 Å². The molecule has 29 heavy (non-hydrogen) atoms. The van der Waals surface area contributed by atoms with Crippen LogP contribution in [-0.2, 0) is 17.8 Å². The third kappa shape index (κ3) is 4.84. The van der Waals surface area contributed by atoms with Crippen molar-refractivity contribution in [2.75, 3.05) is 28.4 Å². The predicted octanol–water partition coefficient (Wildman–Crippen LogP) is 2.96. The zero-order chi connectivity index (χ0) is 20.8. The van der Waals surface area contributed by atoms with Crippen molar-refractivity contribution in [1.29, 1.82) is 0 Å². The van der Waals surface area contributed by atoms with Gasteiger partial charge in [-0.25, -0.2) is 0 Å². The third-order valence-corrected chi connectivity index (χ3v) is 4.42. The van der Waals surface area contributed by atoms with Crippen LogP contribution in [0.4, 0.5) is 0 Å². The first-order valence-corrected chi connectivity index (χ1v) is 8.96. The lowest BCUT2D eigenvalue weighted by molar-refractivity contribution is -0.130. The van der Waals surface area contributed by atoms with Crippen molar-refractivity contribution in [3.8, 4) is 28.6 Å². The lowest BCUT2D eigenvalue weighted by Crippen LogP contribution is -2.27. The summed E-state index contributed by atoms with van der Waals surface area (Å²) in [4.78, 5) is 18.5. The van der Waals surface area contributed by atoms with Gasteiger partial charge < -0.3 is 23.6 Å². The smallest absolute Gasteiger partial charge is 0.246 e. The number of rotatable bonds is 8. The van der Waals surface area contributed by atoms with E-state index in [0.29, 0.717) is 23.2 Å². The van der Waals surface area contributed by atoms with Gasteiger partial charge in [0.15, 0.2) is 11.5 Å². The molecular formula is C21H23N3O5. The second-order valence-electron chi connectivity index (χ2n) is 6.36. The monoisotopic (exact) mass is 397 g/mol. The lowest BCUT2D eigenvalue weighted by Gasteiger charge is -2.15. The van der Waals surface area contributed by atoms with Gasteiger partial charge in [-0.05, 0) is 42.0 Å². The van der Waals surface area contributed by atoms with E-state index < -0.39 is 0 Å². The molecule has 0 saturated carbocycles. The minimum absolute atomic E-state index is 0.0820. The van der Waals surface area contributed by atoms with Crippen LogP contribution in [0.1, 0.15) is 11.5 Å². The second-order valence-corrected chi connectivity index (χ2v) is 6.36. The molecule has 1 aromatic heterocycles. The van der Waals surface area contributed by atoms with Crippen LogP contribution < -0.4 is 14.2 Å². The fourth-order valence-electron chi connectivity index (χ4n) is 2.77. The summed E-state index contributed by atoms with van der Waals surface area (Å²) in [5.74, 6) is 2.69. The first-order valence-electron chi connectivity index (χ1n) is 8.96. The summed E-state index contributed by atoms with van der Waals surface area (Å²) < 4.78 is 20.9. The minimum atomic E-state index is -0.0820. The molecule has 1 heterocycles. The molecule has 0 bridgehead atoms. The van der Waals surface area contributed by atoms with Crippen LogP contribution in [0.5, 0.6) is 17.2 Å². The molecule has 2 aromatic carbocycles. The number of carbonyl (C=O) groups excluding carboxylic acids is 1. The Morgan fingerprint density at radius 1 is 1.00 bits per heavy atom. The summed E-state index contributed by atoms with van der Waals surface area (Å²) in [7, 11) is 6.43. The molecule has 0 saturated heterocycles. The normalized spacial score (nSPS) is 10.5. The molecule has 0 atom stereocenters. The van der Waals surface area contributed by atoms with Crippen LogP contribution in [0.15, 0.2) is 47.0 Å². The van der Waals surface area contributed by atoms with Crippen LogP contribution in [-0.4, -0.2) is 49.3 Å². The van der Waals surface area contributed by atoms with E-state index in [4.69, 9.17) is 18.7 Å². The second kappa shape index (κ2) is 9.09. The fraction of sp³-hybridized carbons (Fsp3) is 0.286. The van der Waals surface area contributed by atoms with E-state index in [1.165, 1.54) is 0 Å². The zero-order valence-electron chi connectivity index (χ0n) is 16.8. The van der Waals surface area contributed by atoms with E-state index in [2.05, 4.69) is 10.1 Å². The summed E-state index contributed by atoms with van der Waals surface area (Å²) in [5, 5.41) is 3.98. The Morgan fingerprint density at radius 3 is 2.38 bits per heavy atom. The van der Waals surface area contributed by atoms with Crippen molar-refractivity contribution in [1.82, 2.24) is 15.0 Å². The Bertz CT molecular complexity index is 969. The highest BCUT2D eigenvalue weighted by atomic mass is 16.5. The van der Waals surface area contributed by atoms with Crippen LogP contribution in [0.2, 0.25) is 0 Å². The molecule has 0 radical (unpaired) electrons. The number of hydrogen-bond donors (Lipinski definition) is 0. The zero-order valence-corrected chi connectivity index (χ0v) is 16.8. The predicted molar refractivity (Wildman–Crippen MR) is 106 cm³/mol. The van der Waals surface area contributed by atoms with Gasteiger partial charge in [0.1, 0.15) is 5.75 Å². The molecule has 3 rings (SSSR count). The Morgan fingerprint density at radius 2 is 1.72 bits per heavy atom. The molecule has 0 aliphatic rings. The Balaban J connectivity index is 1.63. The van der Waals surface area contributed by atoms with Crippen LogP contribution >= 0.6 is 0 Å². The number of aromatic nitrogens is 2. The van der Waals surface area contributed by atoms with E-state index in [1.807, 2.05) is 30.3 Å². The number of hydrogen-bond acceptors (Lipinski definition) is 7. The molecule has 0 aliphatic carbocycles. The average Bonchev–Trinajstić information content (AvgIpc) is 3.22. The lowest BCUT2D eigenvalue weighted by atomic mass is 10.1. The summed E-state index contributed by atoms with van der Waals surface area (Å²) in [6.07, 6.45) is 0.219.